The van der Waals surface area contributed by atoms with Gasteiger partial charge in [-0.1, -0.05) is 0 Å². The van der Waals surface area contributed by atoms with Crippen LogP contribution in [0.4, 0.5) is 14.5 Å². The quantitative estimate of drug-likeness (QED) is 0.753. The summed E-state index contributed by atoms with van der Waals surface area (Å²) in [5.41, 5.74) is 1.32. The van der Waals surface area contributed by atoms with Crippen molar-refractivity contribution in [2.45, 2.75) is 38.5 Å². The van der Waals surface area contributed by atoms with Gasteiger partial charge in [0.1, 0.15) is 5.75 Å². The zero-order valence-electron chi connectivity index (χ0n) is 14.5. The van der Waals surface area contributed by atoms with Crippen LogP contribution in [-0.2, 0) is 20.8 Å². The third kappa shape index (κ3) is 5.12. The number of phenolic OH excluding ortho intramolecular Hbond substituents is 1. The van der Waals surface area contributed by atoms with Gasteiger partial charge in [0.25, 0.3) is 0 Å². The van der Waals surface area contributed by atoms with Crippen LogP contribution in [0.15, 0.2) is 18.2 Å². The SMILES string of the molecule is O=C(Nc1ccc(O)c(CN2CCOCC2)c1)C1CCC(OC(F)F)C1. The number of ether oxygens (including phenoxy) is 2. The molecule has 1 aromatic carbocycles. The molecule has 2 aliphatic rings. The molecule has 2 atom stereocenters. The summed E-state index contributed by atoms with van der Waals surface area (Å²) < 4.78 is 34.4. The van der Waals surface area contributed by atoms with Crippen molar-refractivity contribution in [3.05, 3.63) is 23.8 Å². The average molecular weight is 370 g/mol. The van der Waals surface area contributed by atoms with Gasteiger partial charge in [-0.3, -0.25) is 9.69 Å². The molecule has 0 radical (unpaired) electrons. The van der Waals surface area contributed by atoms with E-state index in [0.29, 0.717) is 44.7 Å². The maximum atomic E-state index is 12.4. The van der Waals surface area contributed by atoms with Crippen molar-refractivity contribution in [2.75, 3.05) is 31.6 Å². The molecule has 1 heterocycles. The molecule has 0 bridgehead atoms. The van der Waals surface area contributed by atoms with Crippen LogP contribution in [-0.4, -0.2) is 54.9 Å². The van der Waals surface area contributed by atoms with Gasteiger partial charge >= 0.3 is 6.61 Å². The molecule has 1 amide bonds. The van der Waals surface area contributed by atoms with E-state index in [2.05, 4.69) is 15.0 Å². The number of alkyl halides is 2. The highest BCUT2D eigenvalue weighted by atomic mass is 19.3. The predicted molar refractivity (Wildman–Crippen MR) is 91.1 cm³/mol. The van der Waals surface area contributed by atoms with E-state index in [-0.39, 0.29) is 17.6 Å². The third-order valence-corrected chi connectivity index (χ3v) is 4.90. The molecule has 8 heteroatoms. The molecule has 1 aliphatic carbocycles. The largest absolute Gasteiger partial charge is 0.508 e. The lowest BCUT2D eigenvalue weighted by molar-refractivity contribution is -0.161. The highest BCUT2D eigenvalue weighted by Crippen LogP contribution is 2.31. The number of nitrogens with one attached hydrogen (secondary N) is 1. The summed E-state index contributed by atoms with van der Waals surface area (Å²) in [5.74, 6) is -0.357. The monoisotopic (exact) mass is 370 g/mol. The van der Waals surface area contributed by atoms with Gasteiger partial charge in [-0.2, -0.15) is 8.78 Å². The minimum atomic E-state index is -2.80. The second-order valence-electron chi connectivity index (χ2n) is 6.75. The van der Waals surface area contributed by atoms with Gasteiger partial charge in [0.05, 0.1) is 19.3 Å². The van der Waals surface area contributed by atoms with Crippen molar-refractivity contribution in [3.8, 4) is 5.75 Å². The number of carbonyl (C=O) groups excluding carboxylic acids is 1. The Labute approximate surface area is 151 Å². The molecule has 2 N–H and O–H groups in total. The molecular weight excluding hydrogens is 346 g/mol. The van der Waals surface area contributed by atoms with Crippen molar-refractivity contribution >= 4 is 11.6 Å². The van der Waals surface area contributed by atoms with Gasteiger partial charge in [0.2, 0.25) is 5.91 Å². The fraction of sp³-hybridized carbons (Fsp3) is 0.611. The second-order valence-corrected chi connectivity index (χ2v) is 6.75. The van der Waals surface area contributed by atoms with E-state index in [9.17, 15) is 18.7 Å². The number of aromatic hydroxyl groups is 1. The number of benzene rings is 1. The molecule has 26 heavy (non-hydrogen) atoms. The molecular formula is C18H24F2N2O4. The van der Waals surface area contributed by atoms with Gasteiger partial charge in [0.15, 0.2) is 0 Å². The lowest BCUT2D eigenvalue weighted by Crippen LogP contribution is -2.35. The van der Waals surface area contributed by atoms with Crippen molar-refractivity contribution in [3.63, 3.8) is 0 Å². The van der Waals surface area contributed by atoms with Crippen molar-refractivity contribution in [1.82, 2.24) is 4.90 Å². The van der Waals surface area contributed by atoms with Gasteiger partial charge in [0, 0.05) is 36.8 Å². The number of hydrogen-bond donors (Lipinski definition) is 2. The molecule has 0 aromatic heterocycles. The van der Waals surface area contributed by atoms with Crippen LogP contribution in [0.3, 0.4) is 0 Å². The number of nitrogens with zero attached hydrogens (tertiary/aromatic N) is 1. The zero-order chi connectivity index (χ0) is 18.5. The first-order valence-corrected chi connectivity index (χ1v) is 8.87. The minimum Gasteiger partial charge on any atom is -0.508 e. The molecule has 0 spiro atoms. The summed E-state index contributed by atoms with van der Waals surface area (Å²) in [6.07, 6.45) is 0.722. The summed E-state index contributed by atoms with van der Waals surface area (Å²) in [6.45, 7) is 0.697. The Morgan fingerprint density at radius 2 is 2.12 bits per heavy atom. The first-order valence-electron chi connectivity index (χ1n) is 8.87. The second kappa shape index (κ2) is 8.75. The first-order chi connectivity index (χ1) is 12.5. The number of rotatable bonds is 6. The minimum absolute atomic E-state index is 0.181. The number of anilines is 1. The Kier molecular flexibility index (Phi) is 6.39. The number of carbonyl (C=O) groups is 1. The Balaban J connectivity index is 1.57. The normalized spacial score (nSPS) is 24.1. The van der Waals surface area contributed by atoms with Gasteiger partial charge < -0.3 is 19.9 Å². The van der Waals surface area contributed by atoms with Crippen molar-refractivity contribution < 1.29 is 28.2 Å². The molecule has 2 fully saturated rings. The molecule has 1 saturated carbocycles. The first kappa shape index (κ1) is 19.0. The lowest BCUT2D eigenvalue weighted by atomic mass is 10.1. The third-order valence-electron chi connectivity index (χ3n) is 4.90. The summed E-state index contributed by atoms with van der Waals surface area (Å²) in [5, 5.41) is 12.9. The predicted octanol–water partition coefficient (Wildman–Crippen LogP) is 2.57. The van der Waals surface area contributed by atoms with Crippen LogP contribution in [0.25, 0.3) is 0 Å². The number of phenols is 1. The van der Waals surface area contributed by atoms with Gasteiger partial charge in [-0.05, 0) is 37.5 Å². The number of morpholine rings is 1. The van der Waals surface area contributed by atoms with Gasteiger partial charge in [-0.15, -0.1) is 0 Å². The average Bonchev–Trinajstić information content (AvgIpc) is 3.07. The Bertz CT molecular complexity index is 623. The van der Waals surface area contributed by atoms with E-state index in [0.717, 1.165) is 18.7 Å². The zero-order valence-corrected chi connectivity index (χ0v) is 14.5. The molecule has 1 saturated heterocycles. The maximum absolute atomic E-state index is 12.4. The van der Waals surface area contributed by atoms with E-state index in [4.69, 9.17) is 4.74 Å². The summed E-state index contributed by atoms with van der Waals surface area (Å²) in [7, 11) is 0. The Hall–Kier alpha value is -1.77. The van der Waals surface area contributed by atoms with E-state index >= 15 is 0 Å². The van der Waals surface area contributed by atoms with E-state index in [1.165, 1.54) is 0 Å². The molecule has 1 aliphatic heterocycles. The van der Waals surface area contributed by atoms with Crippen molar-refractivity contribution in [2.24, 2.45) is 5.92 Å². The standard InChI is InChI=1S/C18H24F2N2O4/c19-18(20)26-15-3-1-12(10-15)17(24)21-14-2-4-16(23)13(9-14)11-22-5-7-25-8-6-22/h2,4,9,12,15,18,23H,1,3,5-8,10-11H2,(H,21,24). The van der Waals surface area contributed by atoms with Crippen LogP contribution in [0, 0.1) is 5.92 Å². The van der Waals surface area contributed by atoms with E-state index in [1.807, 2.05) is 0 Å². The summed E-state index contributed by atoms with van der Waals surface area (Å²) >= 11 is 0. The highest BCUT2D eigenvalue weighted by molar-refractivity contribution is 5.92. The molecule has 1 aromatic rings. The van der Waals surface area contributed by atoms with Crippen LogP contribution in [0.5, 0.6) is 5.75 Å². The maximum Gasteiger partial charge on any atom is 0.345 e. The van der Waals surface area contributed by atoms with Crippen LogP contribution >= 0.6 is 0 Å². The van der Waals surface area contributed by atoms with E-state index in [1.54, 1.807) is 18.2 Å². The number of hydrogen-bond acceptors (Lipinski definition) is 5. The number of amides is 1. The molecule has 2 unspecified atom stereocenters. The Morgan fingerprint density at radius 3 is 2.85 bits per heavy atom. The molecule has 3 rings (SSSR count). The van der Waals surface area contributed by atoms with E-state index < -0.39 is 12.7 Å². The van der Waals surface area contributed by atoms with Crippen LogP contribution in [0.2, 0.25) is 0 Å². The smallest absolute Gasteiger partial charge is 0.345 e. The summed E-state index contributed by atoms with van der Waals surface area (Å²) in [6, 6.07) is 4.95. The number of halogens is 2. The lowest BCUT2D eigenvalue weighted by Gasteiger charge is -2.27. The highest BCUT2D eigenvalue weighted by Gasteiger charge is 2.32. The van der Waals surface area contributed by atoms with Crippen LogP contribution in [0.1, 0.15) is 24.8 Å². The fourth-order valence-corrected chi connectivity index (χ4v) is 3.48. The molecule has 6 nitrogen and oxygen atoms in total. The van der Waals surface area contributed by atoms with Crippen LogP contribution < -0.4 is 5.32 Å². The fourth-order valence-electron chi connectivity index (χ4n) is 3.48. The van der Waals surface area contributed by atoms with Crippen molar-refractivity contribution in [1.29, 1.82) is 0 Å². The molecule has 144 valence electrons. The summed E-state index contributed by atoms with van der Waals surface area (Å²) in [4.78, 5) is 14.6. The topological polar surface area (TPSA) is 71.0 Å². The van der Waals surface area contributed by atoms with Gasteiger partial charge in [-0.25, -0.2) is 0 Å². The Morgan fingerprint density at radius 1 is 1.35 bits per heavy atom.